The minimum absolute atomic E-state index is 0.125. The molecule has 0 radical (unpaired) electrons. The Morgan fingerprint density at radius 2 is 1.57 bits per heavy atom. The van der Waals surface area contributed by atoms with E-state index in [2.05, 4.69) is 5.32 Å². The number of halogens is 3. The van der Waals surface area contributed by atoms with Crippen molar-refractivity contribution in [1.29, 1.82) is 0 Å². The molecule has 2 rings (SSSR count). The predicted molar refractivity (Wildman–Crippen MR) is 99.7 cm³/mol. The molecule has 0 aliphatic rings. The molecule has 0 saturated carbocycles. The lowest BCUT2D eigenvalue weighted by atomic mass is 10.1. The molecule has 162 valence electrons. The lowest BCUT2D eigenvalue weighted by Crippen LogP contribution is -2.30. The van der Waals surface area contributed by atoms with Crippen molar-refractivity contribution < 1.29 is 41.7 Å². The molecule has 0 heterocycles. The number of amides is 1. The number of nitrogens with one attached hydrogen (secondary N) is 1. The molecule has 7 nitrogen and oxygen atoms in total. The van der Waals surface area contributed by atoms with Crippen molar-refractivity contribution in [2.45, 2.75) is 12.8 Å². The molecule has 0 unspecified atom stereocenters. The quantitative estimate of drug-likeness (QED) is 0.652. The van der Waals surface area contributed by atoms with E-state index < -0.39 is 36.8 Å². The first-order chi connectivity index (χ1) is 14.2. The maximum absolute atomic E-state index is 13.0. The van der Waals surface area contributed by atoms with Gasteiger partial charge in [-0.05, 0) is 18.2 Å². The normalized spacial score (nSPS) is 10.9. The number of benzene rings is 2. The van der Waals surface area contributed by atoms with Crippen molar-refractivity contribution in [2.75, 3.05) is 27.9 Å². The summed E-state index contributed by atoms with van der Waals surface area (Å²) in [4.78, 5) is 24.2. The van der Waals surface area contributed by atoms with E-state index in [1.165, 1.54) is 51.7 Å². The summed E-state index contributed by atoms with van der Waals surface area (Å²) in [6, 6.07) is 7.54. The standard InChI is InChI=1S/C20H20F3NO6/c1-27-15-8-13(9-16(28-2)18(15)29-3)19(26)24-10-17(25)30-11-12-6-4-5-7-14(12)20(21,22)23/h4-9H,10-11H2,1-3H3,(H,24,26). The molecule has 0 aliphatic heterocycles. The Morgan fingerprint density at radius 1 is 0.967 bits per heavy atom. The Balaban J connectivity index is 2.00. The van der Waals surface area contributed by atoms with Gasteiger partial charge in [0.25, 0.3) is 5.91 Å². The molecule has 2 aromatic rings. The molecule has 0 atom stereocenters. The molecular formula is C20H20F3NO6. The van der Waals surface area contributed by atoms with Crippen LogP contribution in [0.4, 0.5) is 13.2 Å². The van der Waals surface area contributed by atoms with Crippen molar-refractivity contribution in [2.24, 2.45) is 0 Å². The Kier molecular flexibility index (Phi) is 7.51. The smallest absolute Gasteiger partial charge is 0.416 e. The molecule has 30 heavy (non-hydrogen) atoms. The third-order valence-corrected chi connectivity index (χ3v) is 4.03. The van der Waals surface area contributed by atoms with Gasteiger partial charge in [-0.3, -0.25) is 9.59 Å². The minimum Gasteiger partial charge on any atom is -0.493 e. The molecule has 1 amide bonds. The van der Waals surface area contributed by atoms with Crippen LogP contribution in [0, 0.1) is 0 Å². The molecule has 0 aliphatic carbocycles. The molecule has 0 saturated heterocycles. The number of esters is 1. The Hall–Kier alpha value is -3.43. The van der Waals surface area contributed by atoms with Gasteiger partial charge in [-0.25, -0.2) is 0 Å². The van der Waals surface area contributed by atoms with Crippen LogP contribution in [0.1, 0.15) is 21.5 Å². The predicted octanol–water partition coefficient (Wildman–Crippen LogP) is 3.20. The Bertz CT molecular complexity index is 889. The van der Waals surface area contributed by atoms with Gasteiger partial charge < -0.3 is 24.3 Å². The lowest BCUT2D eigenvalue weighted by molar-refractivity contribution is -0.146. The monoisotopic (exact) mass is 427 g/mol. The zero-order valence-electron chi connectivity index (χ0n) is 16.5. The summed E-state index contributed by atoms with van der Waals surface area (Å²) < 4.78 is 59.2. The number of hydrogen-bond acceptors (Lipinski definition) is 6. The van der Waals surface area contributed by atoms with Crippen LogP contribution < -0.4 is 19.5 Å². The number of rotatable bonds is 8. The van der Waals surface area contributed by atoms with Gasteiger partial charge in [0.2, 0.25) is 5.75 Å². The van der Waals surface area contributed by atoms with Crippen LogP contribution >= 0.6 is 0 Å². The number of carbonyl (C=O) groups excluding carboxylic acids is 2. The molecule has 0 aromatic heterocycles. The fraction of sp³-hybridized carbons (Fsp3) is 0.300. The van der Waals surface area contributed by atoms with E-state index in [-0.39, 0.29) is 22.6 Å². The van der Waals surface area contributed by atoms with Crippen LogP contribution in [0.5, 0.6) is 17.2 Å². The van der Waals surface area contributed by atoms with Crippen LogP contribution in [0.2, 0.25) is 0 Å². The fourth-order valence-electron chi connectivity index (χ4n) is 2.60. The highest BCUT2D eigenvalue weighted by Gasteiger charge is 2.33. The molecular weight excluding hydrogens is 407 g/mol. The van der Waals surface area contributed by atoms with Crippen LogP contribution in [0.3, 0.4) is 0 Å². The van der Waals surface area contributed by atoms with E-state index in [1.54, 1.807) is 0 Å². The number of alkyl halides is 3. The first kappa shape index (κ1) is 22.9. The topological polar surface area (TPSA) is 83.1 Å². The van der Waals surface area contributed by atoms with E-state index in [4.69, 9.17) is 18.9 Å². The zero-order valence-corrected chi connectivity index (χ0v) is 16.5. The van der Waals surface area contributed by atoms with Crippen LogP contribution in [0.25, 0.3) is 0 Å². The molecule has 2 aromatic carbocycles. The molecule has 0 bridgehead atoms. The summed E-state index contributed by atoms with van der Waals surface area (Å²) in [5, 5.41) is 2.33. The summed E-state index contributed by atoms with van der Waals surface area (Å²) >= 11 is 0. The van der Waals surface area contributed by atoms with Crippen molar-refractivity contribution in [3.8, 4) is 17.2 Å². The molecule has 0 fully saturated rings. The third kappa shape index (κ3) is 5.56. The van der Waals surface area contributed by atoms with Crippen molar-refractivity contribution in [3.63, 3.8) is 0 Å². The first-order valence-electron chi connectivity index (χ1n) is 8.60. The van der Waals surface area contributed by atoms with Gasteiger partial charge in [0, 0.05) is 11.1 Å². The van der Waals surface area contributed by atoms with Crippen molar-refractivity contribution >= 4 is 11.9 Å². The average Bonchev–Trinajstić information content (AvgIpc) is 2.74. The fourth-order valence-corrected chi connectivity index (χ4v) is 2.60. The van der Waals surface area contributed by atoms with E-state index in [0.29, 0.717) is 5.75 Å². The van der Waals surface area contributed by atoms with Gasteiger partial charge >= 0.3 is 12.1 Å². The van der Waals surface area contributed by atoms with Crippen LogP contribution in [-0.2, 0) is 22.3 Å². The lowest BCUT2D eigenvalue weighted by Gasteiger charge is -2.14. The second-order valence-corrected chi connectivity index (χ2v) is 5.91. The molecule has 1 N–H and O–H groups in total. The number of ether oxygens (including phenoxy) is 4. The van der Waals surface area contributed by atoms with E-state index >= 15 is 0 Å². The number of methoxy groups -OCH3 is 3. The minimum atomic E-state index is -4.57. The highest BCUT2D eigenvalue weighted by atomic mass is 19.4. The second-order valence-electron chi connectivity index (χ2n) is 5.91. The molecule has 10 heteroatoms. The zero-order chi connectivity index (χ0) is 22.3. The Labute approximate surface area is 170 Å². The van der Waals surface area contributed by atoms with Gasteiger partial charge in [0.1, 0.15) is 13.2 Å². The van der Waals surface area contributed by atoms with Gasteiger partial charge in [-0.2, -0.15) is 13.2 Å². The van der Waals surface area contributed by atoms with Crippen LogP contribution in [-0.4, -0.2) is 39.8 Å². The summed E-state index contributed by atoms with van der Waals surface area (Å²) in [7, 11) is 4.18. The summed E-state index contributed by atoms with van der Waals surface area (Å²) in [6.07, 6.45) is -4.57. The van der Waals surface area contributed by atoms with Gasteiger partial charge in [0.05, 0.1) is 26.9 Å². The average molecular weight is 427 g/mol. The number of hydrogen-bond donors (Lipinski definition) is 1. The largest absolute Gasteiger partial charge is 0.493 e. The molecule has 0 spiro atoms. The number of carbonyl (C=O) groups is 2. The van der Waals surface area contributed by atoms with E-state index in [9.17, 15) is 22.8 Å². The maximum atomic E-state index is 13.0. The van der Waals surface area contributed by atoms with E-state index in [1.807, 2.05) is 0 Å². The second kappa shape index (κ2) is 9.86. The first-order valence-corrected chi connectivity index (χ1v) is 8.60. The highest BCUT2D eigenvalue weighted by Crippen LogP contribution is 2.38. The van der Waals surface area contributed by atoms with Gasteiger partial charge in [-0.1, -0.05) is 18.2 Å². The van der Waals surface area contributed by atoms with Crippen molar-refractivity contribution in [1.82, 2.24) is 5.32 Å². The maximum Gasteiger partial charge on any atom is 0.416 e. The van der Waals surface area contributed by atoms with Gasteiger partial charge in [-0.15, -0.1) is 0 Å². The summed E-state index contributed by atoms with van der Waals surface area (Å²) in [5.74, 6) is -0.754. The SMILES string of the molecule is COc1cc(C(=O)NCC(=O)OCc2ccccc2C(F)(F)F)cc(OC)c1OC. The highest BCUT2D eigenvalue weighted by molar-refractivity contribution is 5.97. The van der Waals surface area contributed by atoms with Gasteiger partial charge in [0.15, 0.2) is 11.5 Å². The summed E-state index contributed by atoms with van der Waals surface area (Å²) in [5.41, 5.74) is -0.951. The van der Waals surface area contributed by atoms with Crippen molar-refractivity contribution in [3.05, 3.63) is 53.1 Å². The summed E-state index contributed by atoms with van der Waals surface area (Å²) in [6.45, 7) is -1.11. The van der Waals surface area contributed by atoms with Crippen LogP contribution in [0.15, 0.2) is 36.4 Å². The Morgan fingerprint density at radius 3 is 2.10 bits per heavy atom. The third-order valence-electron chi connectivity index (χ3n) is 4.03. The van der Waals surface area contributed by atoms with E-state index in [0.717, 1.165) is 6.07 Å².